The van der Waals surface area contributed by atoms with Crippen LogP contribution in [0, 0.1) is 11.8 Å². The number of nitrogens with one attached hydrogen (secondary N) is 1. The molecule has 3 heteroatoms. The van der Waals surface area contributed by atoms with Crippen LogP contribution in [0.1, 0.15) is 44.9 Å². The van der Waals surface area contributed by atoms with Crippen molar-refractivity contribution in [3.63, 3.8) is 0 Å². The minimum Gasteiger partial charge on any atom is -0.480 e. The van der Waals surface area contributed by atoms with Crippen LogP contribution in [-0.2, 0) is 4.79 Å². The smallest absolute Gasteiger partial charge is 0.320 e. The molecule has 2 N–H and O–H groups in total. The second-order valence-corrected chi connectivity index (χ2v) is 4.97. The molecule has 0 aromatic rings. The third-order valence-corrected chi connectivity index (χ3v) is 4.03. The molecule has 1 aliphatic carbocycles. The van der Waals surface area contributed by atoms with E-state index in [0.717, 1.165) is 19.4 Å². The molecular weight excluding hydrogens is 190 g/mol. The number of carbonyl (C=O) groups is 1. The van der Waals surface area contributed by atoms with Crippen molar-refractivity contribution in [3.05, 3.63) is 0 Å². The Morgan fingerprint density at radius 2 is 1.80 bits per heavy atom. The van der Waals surface area contributed by atoms with Gasteiger partial charge in [-0.1, -0.05) is 32.1 Å². The van der Waals surface area contributed by atoms with Crippen LogP contribution >= 0.6 is 0 Å². The Kier molecular flexibility index (Phi) is 3.62. The summed E-state index contributed by atoms with van der Waals surface area (Å²) in [5.41, 5.74) is 0. The van der Waals surface area contributed by atoms with Crippen molar-refractivity contribution >= 4 is 5.97 Å². The van der Waals surface area contributed by atoms with Crippen LogP contribution in [0.4, 0.5) is 0 Å². The van der Waals surface area contributed by atoms with Gasteiger partial charge in [0.2, 0.25) is 0 Å². The van der Waals surface area contributed by atoms with E-state index in [4.69, 9.17) is 0 Å². The number of rotatable bonds is 2. The highest BCUT2D eigenvalue weighted by Gasteiger charge is 2.36. The van der Waals surface area contributed by atoms with Crippen molar-refractivity contribution in [2.24, 2.45) is 11.8 Å². The molecule has 0 aromatic carbocycles. The fraction of sp³-hybridized carbons (Fsp3) is 0.917. The molecule has 3 nitrogen and oxygen atoms in total. The van der Waals surface area contributed by atoms with Gasteiger partial charge in [0.05, 0.1) is 0 Å². The summed E-state index contributed by atoms with van der Waals surface area (Å²) in [5.74, 6) is 0.398. The lowest BCUT2D eigenvalue weighted by Gasteiger charge is -2.37. The first-order chi connectivity index (χ1) is 7.29. The molecule has 1 saturated heterocycles. The molecule has 1 saturated carbocycles. The number of carboxylic acids is 1. The number of carboxylic acid groups (broad SMARTS) is 1. The van der Waals surface area contributed by atoms with Crippen molar-refractivity contribution in [1.29, 1.82) is 0 Å². The van der Waals surface area contributed by atoms with E-state index < -0.39 is 5.97 Å². The van der Waals surface area contributed by atoms with E-state index in [-0.39, 0.29) is 6.04 Å². The molecule has 2 atom stereocenters. The first-order valence-electron chi connectivity index (χ1n) is 6.25. The van der Waals surface area contributed by atoms with Crippen molar-refractivity contribution < 1.29 is 9.90 Å². The predicted molar refractivity (Wildman–Crippen MR) is 58.7 cm³/mol. The second-order valence-electron chi connectivity index (χ2n) is 4.97. The van der Waals surface area contributed by atoms with Crippen LogP contribution in [0.2, 0.25) is 0 Å². The number of piperidine rings is 1. The Labute approximate surface area is 91.2 Å². The molecule has 1 aliphatic heterocycles. The van der Waals surface area contributed by atoms with Gasteiger partial charge in [-0.25, -0.2) is 0 Å². The van der Waals surface area contributed by atoms with Gasteiger partial charge in [0.1, 0.15) is 6.04 Å². The Morgan fingerprint density at radius 1 is 1.07 bits per heavy atom. The normalized spacial score (nSPS) is 33.9. The van der Waals surface area contributed by atoms with Crippen LogP contribution in [0.3, 0.4) is 0 Å². The molecule has 0 amide bonds. The standard InChI is InChI=1S/C12H21NO2/c14-12(15)11-10(7-4-8-13-11)9-5-2-1-3-6-9/h9-11,13H,1-8H2,(H,14,15). The lowest BCUT2D eigenvalue weighted by molar-refractivity contribution is -0.142. The minimum atomic E-state index is -0.648. The van der Waals surface area contributed by atoms with E-state index in [9.17, 15) is 9.90 Å². The van der Waals surface area contributed by atoms with Gasteiger partial charge < -0.3 is 10.4 Å². The highest BCUT2D eigenvalue weighted by atomic mass is 16.4. The quantitative estimate of drug-likeness (QED) is 0.734. The number of aliphatic carboxylic acids is 1. The summed E-state index contributed by atoms with van der Waals surface area (Å²) in [5, 5.41) is 12.3. The van der Waals surface area contributed by atoms with Crippen LogP contribution < -0.4 is 5.32 Å². The summed E-state index contributed by atoms with van der Waals surface area (Å²) in [7, 11) is 0. The zero-order valence-electron chi connectivity index (χ0n) is 9.24. The second kappa shape index (κ2) is 4.97. The molecule has 0 spiro atoms. The van der Waals surface area contributed by atoms with Gasteiger partial charge in [-0.3, -0.25) is 4.79 Å². The predicted octanol–water partition coefficient (Wildman–Crippen LogP) is 2.02. The number of hydrogen-bond donors (Lipinski definition) is 2. The Bertz CT molecular complexity index is 224. The van der Waals surface area contributed by atoms with E-state index in [2.05, 4.69) is 5.32 Å². The maximum atomic E-state index is 11.1. The summed E-state index contributed by atoms with van der Waals surface area (Å²) in [6.45, 7) is 0.875. The number of hydrogen-bond acceptors (Lipinski definition) is 2. The average Bonchev–Trinajstić information content (AvgIpc) is 2.30. The average molecular weight is 211 g/mol. The van der Waals surface area contributed by atoms with Gasteiger partial charge in [-0.2, -0.15) is 0 Å². The minimum absolute atomic E-state index is 0.276. The lowest BCUT2D eigenvalue weighted by Crippen LogP contribution is -2.49. The third-order valence-electron chi connectivity index (χ3n) is 4.03. The van der Waals surface area contributed by atoms with Gasteiger partial charge in [-0.15, -0.1) is 0 Å². The first kappa shape index (κ1) is 10.9. The molecule has 0 radical (unpaired) electrons. The molecular formula is C12H21NO2. The fourth-order valence-electron chi connectivity index (χ4n) is 3.25. The first-order valence-corrected chi connectivity index (χ1v) is 6.25. The molecule has 2 unspecified atom stereocenters. The van der Waals surface area contributed by atoms with E-state index in [1.807, 2.05) is 0 Å². The van der Waals surface area contributed by atoms with Crippen LogP contribution in [0.5, 0.6) is 0 Å². The summed E-state index contributed by atoms with van der Waals surface area (Å²) < 4.78 is 0. The van der Waals surface area contributed by atoms with E-state index in [1.165, 1.54) is 32.1 Å². The van der Waals surface area contributed by atoms with Gasteiger partial charge in [0, 0.05) is 0 Å². The third kappa shape index (κ3) is 2.51. The van der Waals surface area contributed by atoms with Crippen LogP contribution in [0.25, 0.3) is 0 Å². The van der Waals surface area contributed by atoms with Gasteiger partial charge >= 0.3 is 5.97 Å². The van der Waals surface area contributed by atoms with Crippen molar-refractivity contribution in [2.75, 3.05) is 6.54 Å². The summed E-state index contributed by atoms with van der Waals surface area (Å²) in [6.07, 6.45) is 8.68. The van der Waals surface area contributed by atoms with Crippen LogP contribution in [0.15, 0.2) is 0 Å². The van der Waals surface area contributed by atoms with E-state index in [1.54, 1.807) is 0 Å². The Hall–Kier alpha value is -0.570. The van der Waals surface area contributed by atoms with Crippen molar-refractivity contribution in [2.45, 2.75) is 51.0 Å². The molecule has 86 valence electrons. The summed E-state index contributed by atoms with van der Waals surface area (Å²) in [4.78, 5) is 11.1. The zero-order valence-corrected chi connectivity index (χ0v) is 9.24. The van der Waals surface area contributed by atoms with Crippen LogP contribution in [-0.4, -0.2) is 23.7 Å². The highest BCUT2D eigenvalue weighted by molar-refractivity contribution is 5.74. The molecule has 2 fully saturated rings. The highest BCUT2D eigenvalue weighted by Crippen LogP contribution is 2.35. The van der Waals surface area contributed by atoms with Gasteiger partial charge in [-0.05, 0) is 31.2 Å². The monoisotopic (exact) mass is 211 g/mol. The zero-order chi connectivity index (χ0) is 10.7. The summed E-state index contributed by atoms with van der Waals surface area (Å²) in [6, 6.07) is -0.276. The van der Waals surface area contributed by atoms with Crippen molar-refractivity contribution in [3.8, 4) is 0 Å². The van der Waals surface area contributed by atoms with Gasteiger partial charge in [0.25, 0.3) is 0 Å². The Balaban J connectivity index is 1.99. The topological polar surface area (TPSA) is 49.3 Å². The molecule has 2 aliphatic rings. The molecule has 0 aromatic heterocycles. The van der Waals surface area contributed by atoms with Crippen molar-refractivity contribution in [1.82, 2.24) is 5.32 Å². The molecule has 15 heavy (non-hydrogen) atoms. The summed E-state index contributed by atoms with van der Waals surface area (Å²) >= 11 is 0. The van der Waals surface area contributed by atoms with E-state index >= 15 is 0 Å². The SMILES string of the molecule is O=C(O)C1NCCCC1C1CCCCC1. The largest absolute Gasteiger partial charge is 0.480 e. The molecule has 0 bridgehead atoms. The van der Waals surface area contributed by atoms with E-state index in [0.29, 0.717) is 11.8 Å². The Morgan fingerprint density at radius 3 is 2.47 bits per heavy atom. The molecule has 2 rings (SSSR count). The fourth-order valence-corrected chi connectivity index (χ4v) is 3.25. The lowest BCUT2D eigenvalue weighted by atomic mass is 9.73. The van der Waals surface area contributed by atoms with Gasteiger partial charge in [0.15, 0.2) is 0 Å². The molecule has 1 heterocycles. The maximum Gasteiger partial charge on any atom is 0.320 e. The maximum absolute atomic E-state index is 11.1.